The molecule has 1 aliphatic heterocycles. The second-order valence-electron chi connectivity index (χ2n) is 6.54. The lowest BCUT2D eigenvalue weighted by Crippen LogP contribution is -2.46. The van der Waals surface area contributed by atoms with Gasteiger partial charge in [-0.05, 0) is 39.0 Å². The fraction of sp³-hybridized carbons (Fsp3) is 0.889. The van der Waals surface area contributed by atoms with Crippen LogP contribution in [0.25, 0.3) is 0 Å². The summed E-state index contributed by atoms with van der Waals surface area (Å²) in [6.07, 6.45) is 2.74. The lowest BCUT2D eigenvalue weighted by molar-refractivity contribution is -0.149. The quantitative estimate of drug-likeness (QED) is 0.185. The molecule has 0 radical (unpaired) electrons. The fourth-order valence-corrected chi connectivity index (χ4v) is 2.65. The fourth-order valence-electron chi connectivity index (χ4n) is 2.65. The van der Waals surface area contributed by atoms with E-state index in [1.807, 2.05) is 6.92 Å². The highest BCUT2D eigenvalue weighted by atomic mass is 127. The lowest BCUT2D eigenvalue weighted by Gasteiger charge is -2.33. The van der Waals surface area contributed by atoms with E-state index in [1.54, 1.807) is 0 Å². The molecule has 0 aromatic carbocycles. The van der Waals surface area contributed by atoms with Crippen molar-refractivity contribution < 1.29 is 14.3 Å². The van der Waals surface area contributed by atoms with Gasteiger partial charge in [-0.25, -0.2) is 0 Å². The van der Waals surface area contributed by atoms with Crippen molar-refractivity contribution >= 4 is 35.9 Å². The van der Waals surface area contributed by atoms with Gasteiger partial charge in [0, 0.05) is 26.2 Å². The van der Waals surface area contributed by atoms with Crippen molar-refractivity contribution in [1.82, 2.24) is 10.2 Å². The highest BCUT2D eigenvalue weighted by Crippen LogP contribution is 2.18. The molecule has 1 rings (SSSR count). The van der Waals surface area contributed by atoms with Crippen LogP contribution in [-0.2, 0) is 14.3 Å². The first-order valence-corrected chi connectivity index (χ1v) is 9.36. The number of esters is 1. The maximum absolute atomic E-state index is 11.8. The SMILES string of the molecule is CCNC(=NCCOCCC(C)C)N1CCC(C(=O)OCC)CC1.I. The summed E-state index contributed by atoms with van der Waals surface area (Å²) < 4.78 is 10.7. The average molecular weight is 469 g/mol. The van der Waals surface area contributed by atoms with Crippen LogP contribution in [0.2, 0.25) is 0 Å². The zero-order chi connectivity index (χ0) is 17.8. The zero-order valence-corrected chi connectivity index (χ0v) is 18.6. The van der Waals surface area contributed by atoms with Crippen molar-refractivity contribution in [2.24, 2.45) is 16.8 Å². The molecule has 0 spiro atoms. The minimum atomic E-state index is -0.0577. The maximum atomic E-state index is 11.8. The number of hydrogen-bond donors (Lipinski definition) is 1. The molecular formula is C18H36IN3O3. The molecule has 0 aromatic heterocycles. The zero-order valence-electron chi connectivity index (χ0n) is 16.3. The summed E-state index contributed by atoms with van der Waals surface area (Å²) in [5, 5.41) is 3.33. The average Bonchev–Trinajstić information content (AvgIpc) is 2.57. The Morgan fingerprint density at radius 2 is 1.92 bits per heavy atom. The first-order chi connectivity index (χ1) is 11.6. The van der Waals surface area contributed by atoms with Gasteiger partial charge in [-0.1, -0.05) is 13.8 Å². The van der Waals surface area contributed by atoms with Gasteiger partial charge in [0.05, 0.1) is 25.7 Å². The monoisotopic (exact) mass is 469 g/mol. The van der Waals surface area contributed by atoms with E-state index in [9.17, 15) is 4.79 Å². The number of halogens is 1. The van der Waals surface area contributed by atoms with Gasteiger partial charge in [0.15, 0.2) is 5.96 Å². The third-order valence-electron chi connectivity index (χ3n) is 4.09. The number of carbonyl (C=O) groups excluding carboxylic acids is 1. The summed E-state index contributed by atoms with van der Waals surface area (Å²) in [5.41, 5.74) is 0. The highest BCUT2D eigenvalue weighted by molar-refractivity contribution is 14.0. The number of piperidine rings is 1. The molecular weight excluding hydrogens is 433 g/mol. The molecule has 0 aliphatic carbocycles. The summed E-state index contributed by atoms with van der Waals surface area (Å²) in [6, 6.07) is 0. The van der Waals surface area contributed by atoms with Crippen LogP contribution in [0.3, 0.4) is 0 Å². The van der Waals surface area contributed by atoms with E-state index >= 15 is 0 Å². The normalized spacial score (nSPS) is 15.9. The predicted octanol–water partition coefficient (Wildman–Crippen LogP) is 2.91. The molecule has 0 amide bonds. The molecule has 1 heterocycles. The molecule has 148 valence electrons. The first kappa shape index (κ1) is 24.4. The molecule has 0 atom stereocenters. The second-order valence-corrected chi connectivity index (χ2v) is 6.54. The maximum Gasteiger partial charge on any atom is 0.309 e. The van der Waals surface area contributed by atoms with Crippen LogP contribution in [0.15, 0.2) is 4.99 Å². The van der Waals surface area contributed by atoms with Crippen molar-refractivity contribution in [3.8, 4) is 0 Å². The van der Waals surface area contributed by atoms with E-state index in [4.69, 9.17) is 9.47 Å². The van der Waals surface area contributed by atoms with Gasteiger partial charge >= 0.3 is 5.97 Å². The molecule has 1 saturated heterocycles. The van der Waals surface area contributed by atoms with Crippen LogP contribution in [0, 0.1) is 11.8 Å². The van der Waals surface area contributed by atoms with E-state index in [0.717, 1.165) is 51.5 Å². The van der Waals surface area contributed by atoms with Gasteiger partial charge in [-0.15, -0.1) is 24.0 Å². The van der Waals surface area contributed by atoms with Gasteiger partial charge in [0.1, 0.15) is 0 Å². The minimum Gasteiger partial charge on any atom is -0.466 e. The Balaban J connectivity index is 0.00000576. The molecule has 25 heavy (non-hydrogen) atoms. The Hall–Kier alpha value is -0.570. The third kappa shape index (κ3) is 10.2. The van der Waals surface area contributed by atoms with Crippen molar-refractivity contribution in [2.75, 3.05) is 46.0 Å². The van der Waals surface area contributed by atoms with E-state index in [-0.39, 0.29) is 35.9 Å². The number of nitrogens with zero attached hydrogens (tertiary/aromatic N) is 2. The van der Waals surface area contributed by atoms with E-state index in [0.29, 0.717) is 25.7 Å². The standard InChI is InChI=1S/C18H35N3O3.HI/c1-5-19-18(20-10-14-23-13-9-15(3)4)21-11-7-16(8-12-21)17(22)24-6-2;/h15-16H,5-14H2,1-4H3,(H,19,20);1H. The number of rotatable bonds is 9. The Kier molecular flexibility index (Phi) is 14.3. The number of ether oxygens (including phenoxy) is 2. The number of hydrogen-bond acceptors (Lipinski definition) is 4. The number of aliphatic imine (C=N–C) groups is 1. The summed E-state index contributed by atoms with van der Waals surface area (Å²) in [5.74, 6) is 1.57. The van der Waals surface area contributed by atoms with Gasteiger partial charge in [0.25, 0.3) is 0 Å². The number of carbonyl (C=O) groups is 1. The number of nitrogens with one attached hydrogen (secondary N) is 1. The molecule has 1 aliphatic rings. The lowest BCUT2D eigenvalue weighted by atomic mass is 9.97. The van der Waals surface area contributed by atoms with Gasteiger partial charge in [-0.2, -0.15) is 0 Å². The topological polar surface area (TPSA) is 63.2 Å². The molecule has 0 saturated carbocycles. The smallest absolute Gasteiger partial charge is 0.309 e. The molecule has 7 heteroatoms. The predicted molar refractivity (Wildman–Crippen MR) is 113 cm³/mol. The van der Waals surface area contributed by atoms with Crippen LogP contribution >= 0.6 is 24.0 Å². The minimum absolute atomic E-state index is 0. The van der Waals surface area contributed by atoms with Crippen molar-refractivity contribution in [3.63, 3.8) is 0 Å². The van der Waals surface area contributed by atoms with Crippen LogP contribution in [0.4, 0.5) is 0 Å². The molecule has 6 nitrogen and oxygen atoms in total. The second kappa shape index (κ2) is 14.6. The molecule has 1 fully saturated rings. The Morgan fingerprint density at radius 1 is 1.24 bits per heavy atom. The summed E-state index contributed by atoms with van der Waals surface area (Å²) in [6.45, 7) is 13.4. The molecule has 0 unspecified atom stereocenters. The molecule has 0 bridgehead atoms. The van der Waals surface area contributed by atoms with Crippen LogP contribution < -0.4 is 5.32 Å². The molecule has 1 N–H and O–H groups in total. The van der Waals surface area contributed by atoms with Crippen molar-refractivity contribution in [3.05, 3.63) is 0 Å². The number of guanidine groups is 1. The Morgan fingerprint density at radius 3 is 2.48 bits per heavy atom. The van der Waals surface area contributed by atoms with Crippen molar-refractivity contribution in [1.29, 1.82) is 0 Å². The van der Waals surface area contributed by atoms with Gasteiger partial charge < -0.3 is 19.7 Å². The Labute approximate surface area is 170 Å². The number of likely N-dealkylation sites (tertiary alicyclic amines) is 1. The molecule has 0 aromatic rings. The summed E-state index contributed by atoms with van der Waals surface area (Å²) in [4.78, 5) is 18.7. The van der Waals surface area contributed by atoms with E-state index < -0.39 is 0 Å². The van der Waals surface area contributed by atoms with Gasteiger partial charge in [-0.3, -0.25) is 9.79 Å². The third-order valence-corrected chi connectivity index (χ3v) is 4.09. The van der Waals surface area contributed by atoms with E-state index in [1.165, 1.54) is 0 Å². The van der Waals surface area contributed by atoms with Crippen LogP contribution in [0.5, 0.6) is 0 Å². The van der Waals surface area contributed by atoms with E-state index in [2.05, 4.69) is 36.0 Å². The van der Waals surface area contributed by atoms with Crippen LogP contribution in [-0.4, -0.2) is 62.8 Å². The summed E-state index contributed by atoms with van der Waals surface area (Å²) in [7, 11) is 0. The Bertz CT molecular complexity index is 384. The highest BCUT2D eigenvalue weighted by Gasteiger charge is 2.27. The largest absolute Gasteiger partial charge is 0.466 e. The van der Waals surface area contributed by atoms with Gasteiger partial charge in [0.2, 0.25) is 0 Å². The van der Waals surface area contributed by atoms with Crippen molar-refractivity contribution in [2.45, 2.75) is 47.0 Å². The van der Waals surface area contributed by atoms with Crippen LogP contribution in [0.1, 0.15) is 47.0 Å². The first-order valence-electron chi connectivity index (χ1n) is 9.36. The summed E-state index contributed by atoms with van der Waals surface area (Å²) >= 11 is 0.